The molecule has 1 aromatic rings. The third-order valence-corrected chi connectivity index (χ3v) is 3.02. The molecule has 0 amide bonds. The summed E-state index contributed by atoms with van der Waals surface area (Å²) in [5, 5.41) is 14.0. The number of rotatable bonds is 3. The van der Waals surface area contributed by atoms with Crippen LogP contribution in [0.1, 0.15) is 19.2 Å². The molecule has 5 nitrogen and oxygen atoms in total. The monoisotopic (exact) mass is 211 g/mol. The van der Waals surface area contributed by atoms with Gasteiger partial charge in [-0.1, -0.05) is 6.92 Å². The first-order valence-corrected chi connectivity index (χ1v) is 5.31. The zero-order valence-electron chi connectivity index (χ0n) is 9.13. The molecule has 3 unspecified atom stereocenters. The van der Waals surface area contributed by atoms with E-state index in [0.717, 1.165) is 18.9 Å². The van der Waals surface area contributed by atoms with Crippen molar-refractivity contribution in [2.75, 3.05) is 6.61 Å². The highest BCUT2D eigenvalue weighted by Gasteiger charge is 2.31. The number of ether oxygens (including phenoxy) is 1. The molecule has 0 aliphatic carbocycles. The van der Waals surface area contributed by atoms with E-state index < -0.39 is 6.10 Å². The lowest BCUT2D eigenvalue weighted by Crippen LogP contribution is -2.32. The summed E-state index contributed by atoms with van der Waals surface area (Å²) in [6, 6.07) is 0. The maximum Gasteiger partial charge on any atom is 0.138 e. The van der Waals surface area contributed by atoms with Gasteiger partial charge in [-0.25, -0.2) is 4.98 Å². The van der Waals surface area contributed by atoms with Crippen LogP contribution in [0.3, 0.4) is 0 Å². The molecule has 2 heterocycles. The molecule has 5 heteroatoms. The van der Waals surface area contributed by atoms with Crippen molar-refractivity contribution in [3.63, 3.8) is 0 Å². The van der Waals surface area contributed by atoms with Crippen LogP contribution in [-0.2, 0) is 18.2 Å². The summed E-state index contributed by atoms with van der Waals surface area (Å²) in [7, 11) is 1.83. The molecule has 84 valence electrons. The largest absolute Gasteiger partial charge is 0.390 e. The van der Waals surface area contributed by atoms with Crippen molar-refractivity contribution in [3.8, 4) is 0 Å². The molecule has 1 aliphatic rings. The van der Waals surface area contributed by atoms with Crippen molar-refractivity contribution >= 4 is 0 Å². The Morgan fingerprint density at radius 2 is 2.53 bits per heavy atom. The van der Waals surface area contributed by atoms with Crippen LogP contribution in [0.5, 0.6) is 0 Å². The van der Waals surface area contributed by atoms with Gasteiger partial charge in [0.2, 0.25) is 0 Å². The van der Waals surface area contributed by atoms with Crippen LogP contribution in [0.15, 0.2) is 6.33 Å². The predicted molar refractivity (Wildman–Crippen MR) is 54.2 cm³/mol. The van der Waals surface area contributed by atoms with E-state index in [-0.39, 0.29) is 6.10 Å². The van der Waals surface area contributed by atoms with Gasteiger partial charge in [0.15, 0.2) is 0 Å². The fourth-order valence-corrected chi connectivity index (χ4v) is 2.02. The molecular weight excluding hydrogens is 194 g/mol. The molecule has 1 aromatic heterocycles. The van der Waals surface area contributed by atoms with E-state index in [1.54, 1.807) is 4.68 Å². The number of aliphatic hydroxyl groups excluding tert-OH is 1. The average molecular weight is 211 g/mol. The topological polar surface area (TPSA) is 60.2 Å². The molecule has 1 fully saturated rings. The van der Waals surface area contributed by atoms with Crippen LogP contribution in [0.2, 0.25) is 0 Å². The van der Waals surface area contributed by atoms with Gasteiger partial charge in [0.1, 0.15) is 12.2 Å². The highest BCUT2D eigenvalue weighted by Crippen LogP contribution is 2.24. The van der Waals surface area contributed by atoms with Crippen LogP contribution in [-0.4, -0.2) is 38.7 Å². The van der Waals surface area contributed by atoms with E-state index in [1.807, 2.05) is 7.05 Å². The van der Waals surface area contributed by atoms with E-state index in [1.165, 1.54) is 6.33 Å². The second-order valence-corrected chi connectivity index (χ2v) is 4.17. The third kappa shape index (κ3) is 2.18. The lowest BCUT2D eigenvalue weighted by Gasteiger charge is -2.20. The Morgan fingerprint density at radius 3 is 3.07 bits per heavy atom. The Morgan fingerprint density at radius 1 is 1.73 bits per heavy atom. The van der Waals surface area contributed by atoms with Crippen molar-refractivity contribution in [1.82, 2.24) is 14.8 Å². The molecule has 15 heavy (non-hydrogen) atoms. The summed E-state index contributed by atoms with van der Waals surface area (Å²) in [4.78, 5) is 4.09. The Balaban J connectivity index is 1.97. The van der Waals surface area contributed by atoms with Crippen LogP contribution >= 0.6 is 0 Å². The fourth-order valence-electron chi connectivity index (χ4n) is 2.02. The second kappa shape index (κ2) is 4.28. The van der Waals surface area contributed by atoms with Gasteiger partial charge in [-0.15, -0.1) is 0 Å². The van der Waals surface area contributed by atoms with Crippen molar-refractivity contribution in [1.29, 1.82) is 0 Å². The molecular formula is C10H17N3O2. The fraction of sp³-hybridized carbons (Fsp3) is 0.800. The zero-order valence-corrected chi connectivity index (χ0v) is 9.13. The number of aliphatic hydroxyl groups is 1. The molecule has 3 atom stereocenters. The van der Waals surface area contributed by atoms with E-state index >= 15 is 0 Å². The number of hydrogen-bond acceptors (Lipinski definition) is 4. The van der Waals surface area contributed by atoms with E-state index in [0.29, 0.717) is 12.3 Å². The van der Waals surface area contributed by atoms with Crippen LogP contribution in [0.4, 0.5) is 0 Å². The maximum absolute atomic E-state index is 10.0. The summed E-state index contributed by atoms with van der Waals surface area (Å²) >= 11 is 0. The average Bonchev–Trinajstić information content (AvgIpc) is 2.76. The highest BCUT2D eigenvalue weighted by atomic mass is 16.5. The van der Waals surface area contributed by atoms with Crippen molar-refractivity contribution in [3.05, 3.63) is 12.2 Å². The number of hydrogen-bond donors (Lipinski definition) is 1. The lowest BCUT2D eigenvalue weighted by molar-refractivity contribution is -0.0169. The van der Waals surface area contributed by atoms with E-state index in [4.69, 9.17) is 4.74 Å². The summed E-state index contributed by atoms with van der Waals surface area (Å²) in [6.45, 7) is 2.86. The van der Waals surface area contributed by atoms with Crippen molar-refractivity contribution in [2.45, 2.75) is 32.0 Å². The summed E-state index contributed by atoms with van der Waals surface area (Å²) in [5.74, 6) is 1.22. The molecule has 0 aromatic carbocycles. The van der Waals surface area contributed by atoms with Crippen molar-refractivity contribution < 1.29 is 9.84 Å². The number of aromatic nitrogens is 3. The first kappa shape index (κ1) is 10.6. The van der Waals surface area contributed by atoms with Gasteiger partial charge >= 0.3 is 0 Å². The number of nitrogens with zero attached hydrogens (tertiary/aromatic N) is 3. The molecule has 1 aliphatic heterocycles. The Bertz CT molecular complexity index is 326. The van der Waals surface area contributed by atoms with Gasteiger partial charge in [0.05, 0.1) is 12.2 Å². The van der Waals surface area contributed by atoms with Gasteiger partial charge in [0.25, 0.3) is 0 Å². The molecule has 1 saturated heterocycles. The Kier molecular flexibility index (Phi) is 3.02. The van der Waals surface area contributed by atoms with Crippen LogP contribution in [0, 0.1) is 5.92 Å². The van der Waals surface area contributed by atoms with Gasteiger partial charge in [-0.3, -0.25) is 4.68 Å². The maximum atomic E-state index is 10.0. The first-order valence-electron chi connectivity index (χ1n) is 5.31. The second-order valence-electron chi connectivity index (χ2n) is 4.17. The summed E-state index contributed by atoms with van der Waals surface area (Å²) in [5.41, 5.74) is 0. The molecule has 0 spiro atoms. The molecule has 0 saturated carbocycles. The van der Waals surface area contributed by atoms with Gasteiger partial charge in [-0.2, -0.15) is 5.10 Å². The van der Waals surface area contributed by atoms with E-state index in [2.05, 4.69) is 17.0 Å². The minimum atomic E-state index is -0.481. The summed E-state index contributed by atoms with van der Waals surface area (Å²) < 4.78 is 7.19. The normalized spacial score (nSPS) is 28.2. The van der Waals surface area contributed by atoms with E-state index in [9.17, 15) is 5.11 Å². The first-order chi connectivity index (χ1) is 7.18. The lowest BCUT2D eigenvalue weighted by atomic mass is 9.97. The predicted octanol–water partition coefficient (Wildman–Crippen LogP) is 0.143. The van der Waals surface area contributed by atoms with Crippen molar-refractivity contribution in [2.24, 2.45) is 13.0 Å². The highest BCUT2D eigenvalue weighted by molar-refractivity contribution is 4.91. The Hall–Kier alpha value is -0.940. The summed E-state index contributed by atoms with van der Waals surface area (Å²) in [6.07, 6.45) is 2.50. The quantitative estimate of drug-likeness (QED) is 0.772. The van der Waals surface area contributed by atoms with Crippen LogP contribution < -0.4 is 0 Å². The number of aryl methyl sites for hydroxylation is 1. The van der Waals surface area contributed by atoms with Gasteiger partial charge < -0.3 is 9.84 Å². The van der Waals surface area contributed by atoms with Gasteiger partial charge in [-0.05, 0) is 12.3 Å². The SMILES string of the molecule is CC1CCOC1C(O)Cc1ncnn1C. The van der Waals surface area contributed by atoms with Gasteiger partial charge in [0, 0.05) is 20.1 Å². The van der Waals surface area contributed by atoms with Crippen LogP contribution in [0.25, 0.3) is 0 Å². The Labute approximate surface area is 89.1 Å². The molecule has 0 radical (unpaired) electrons. The zero-order chi connectivity index (χ0) is 10.8. The molecule has 1 N–H and O–H groups in total. The smallest absolute Gasteiger partial charge is 0.138 e. The minimum Gasteiger partial charge on any atom is -0.390 e. The standard InChI is InChI=1S/C10H17N3O2/c1-7-3-4-15-10(7)8(14)5-9-11-6-12-13(9)2/h6-8,10,14H,3-5H2,1-2H3. The molecule has 2 rings (SSSR count). The molecule has 0 bridgehead atoms. The third-order valence-electron chi connectivity index (χ3n) is 3.02. The minimum absolute atomic E-state index is 0.0540.